The number of phenolic OH excluding ortho intramolecular Hbond substituents is 1. The Hall–Kier alpha value is -2.02. The Balaban J connectivity index is 2.14. The SMILES string of the molecule is CCOc1cc(CNc2cc(Cl)c(O)c(Cl)c2)c(Cl)cc1OCC(=O)NC(C)(C)C. The van der Waals surface area contributed by atoms with Crippen molar-refractivity contribution in [1.82, 2.24) is 5.32 Å². The van der Waals surface area contributed by atoms with E-state index in [1.807, 2.05) is 27.7 Å². The maximum atomic E-state index is 12.0. The van der Waals surface area contributed by atoms with Crippen molar-refractivity contribution in [3.8, 4) is 17.2 Å². The Kier molecular flexibility index (Phi) is 8.35. The number of nitrogens with one attached hydrogen (secondary N) is 2. The minimum absolute atomic E-state index is 0.142. The van der Waals surface area contributed by atoms with E-state index in [9.17, 15) is 9.90 Å². The van der Waals surface area contributed by atoms with Crippen LogP contribution in [0.4, 0.5) is 5.69 Å². The second kappa shape index (κ2) is 10.3. The Morgan fingerprint density at radius 2 is 1.60 bits per heavy atom. The number of phenols is 1. The number of halogens is 3. The number of carbonyl (C=O) groups excluding carboxylic acids is 1. The standard InChI is InChI=1S/C21H25Cl3N2O4/c1-5-29-17-6-12(10-25-13-7-15(23)20(28)16(24)8-13)14(22)9-18(17)30-11-19(27)26-21(2,3)4/h6-9,25,28H,5,10-11H2,1-4H3,(H,26,27). The zero-order valence-electron chi connectivity index (χ0n) is 17.2. The van der Waals surface area contributed by atoms with E-state index in [-0.39, 0.29) is 33.8 Å². The summed E-state index contributed by atoms with van der Waals surface area (Å²) in [5.74, 6) is 0.444. The molecule has 0 aromatic heterocycles. The number of benzene rings is 2. The van der Waals surface area contributed by atoms with E-state index in [1.54, 1.807) is 24.3 Å². The molecule has 0 unspecified atom stereocenters. The minimum Gasteiger partial charge on any atom is -0.505 e. The molecule has 2 aromatic carbocycles. The predicted octanol–water partition coefficient (Wildman–Crippen LogP) is 5.66. The van der Waals surface area contributed by atoms with Crippen molar-refractivity contribution >= 4 is 46.4 Å². The molecule has 0 radical (unpaired) electrons. The zero-order chi connectivity index (χ0) is 22.5. The maximum Gasteiger partial charge on any atom is 0.258 e. The van der Waals surface area contributed by atoms with Crippen LogP contribution in [-0.4, -0.2) is 29.8 Å². The van der Waals surface area contributed by atoms with E-state index >= 15 is 0 Å². The second-order valence-corrected chi connectivity index (χ2v) is 8.77. The molecule has 0 atom stereocenters. The van der Waals surface area contributed by atoms with Gasteiger partial charge in [-0.2, -0.15) is 0 Å². The Morgan fingerprint density at radius 1 is 1.00 bits per heavy atom. The van der Waals surface area contributed by atoms with Crippen LogP contribution in [0.15, 0.2) is 24.3 Å². The van der Waals surface area contributed by atoms with Crippen LogP contribution in [0.1, 0.15) is 33.3 Å². The van der Waals surface area contributed by atoms with Crippen molar-refractivity contribution in [2.75, 3.05) is 18.5 Å². The quantitative estimate of drug-likeness (QED) is 0.430. The zero-order valence-corrected chi connectivity index (χ0v) is 19.5. The van der Waals surface area contributed by atoms with Gasteiger partial charge in [-0.05, 0) is 51.5 Å². The summed E-state index contributed by atoms with van der Waals surface area (Å²) in [7, 11) is 0. The van der Waals surface area contributed by atoms with Crippen molar-refractivity contribution in [2.45, 2.75) is 39.8 Å². The Labute approximate surface area is 191 Å². The highest BCUT2D eigenvalue weighted by Crippen LogP contribution is 2.36. The van der Waals surface area contributed by atoms with Gasteiger partial charge in [0.1, 0.15) is 0 Å². The molecule has 0 aliphatic carbocycles. The van der Waals surface area contributed by atoms with Crippen LogP contribution >= 0.6 is 34.8 Å². The molecule has 0 spiro atoms. The van der Waals surface area contributed by atoms with Gasteiger partial charge < -0.3 is 25.2 Å². The molecule has 9 heteroatoms. The maximum absolute atomic E-state index is 12.0. The number of hydrogen-bond donors (Lipinski definition) is 3. The largest absolute Gasteiger partial charge is 0.505 e. The van der Waals surface area contributed by atoms with E-state index in [2.05, 4.69) is 10.6 Å². The first-order valence-electron chi connectivity index (χ1n) is 9.31. The van der Waals surface area contributed by atoms with Crippen LogP contribution in [-0.2, 0) is 11.3 Å². The molecule has 6 nitrogen and oxygen atoms in total. The molecule has 0 aliphatic heterocycles. The van der Waals surface area contributed by atoms with Crippen molar-refractivity contribution in [3.05, 3.63) is 44.9 Å². The lowest BCUT2D eigenvalue weighted by Gasteiger charge is -2.21. The van der Waals surface area contributed by atoms with Crippen LogP contribution in [0.25, 0.3) is 0 Å². The summed E-state index contributed by atoms with van der Waals surface area (Å²) < 4.78 is 11.3. The summed E-state index contributed by atoms with van der Waals surface area (Å²) in [5, 5.41) is 16.4. The number of aromatic hydroxyl groups is 1. The first-order chi connectivity index (χ1) is 14.0. The second-order valence-electron chi connectivity index (χ2n) is 7.55. The number of ether oxygens (including phenoxy) is 2. The summed E-state index contributed by atoms with van der Waals surface area (Å²) in [6.45, 7) is 8.14. The molecule has 0 saturated heterocycles. The first kappa shape index (κ1) is 24.3. The van der Waals surface area contributed by atoms with Crippen LogP contribution in [0.3, 0.4) is 0 Å². The number of rotatable bonds is 8. The molecule has 0 fully saturated rings. The van der Waals surface area contributed by atoms with Gasteiger partial charge in [0.05, 0.1) is 16.7 Å². The highest BCUT2D eigenvalue weighted by molar-refractivity contribution is 6.37. The normalized spacial score (nSPS) is 11.2. The van der Waals surface area contributed by atoms with E-state index < -0.39 is 0 Å². The van der Waals surface area contributed by atoms with Gasteiger partial charge >= 0.3 is 0 Å². The molecular formula is C21H25Cl3N2O4. The summed E-state index contributed by atoms with van der Waals surface area (Å²) in [5.41, 5.74) is 1.01. The molecule has 164 valence electrons. The summed E-state index contributed by atoms with van der Waals surface area (Å²) in [4.78, 5) is 12.0. The summed E-state index contributed by atoms with van der Waals surface area (Å²) in [6.07, 6.45) is 0. The molecule has 1 amide bonds. The third-order valence-corrected chi connectivity index (χ3v) is 4.71. The van der Waals surface area contributed by atoms with Gasteiger partial charge in [0, 0.05) is 28.9 Å². The number of anilines is 1. The summed E-state index contributed by atoms with van der Waals surface area (Å²) >= 11 is 18.3. The van der Waals surface area contributed by atoms with Gasteiger partial charge in [0.15, 0.2) is 23.9 Å². The Morgan fingerprint density at radius 3 is 2.17 bits per heavy atom. The Bertz CT molecular complexity index is 891. The van der Waals surface area contributed by atoms with Crippen LogP contribution < -0.4 is 20.1 Å². The average Bonchev–Trinajstić information content (AvgIpc) is 2.63. The lowest BCUT2D eigenvalue weighted by atomic mass is 10.1. The third kappa shape index (κ3) is 7.04. The molecular weight excluding hydrogens is 451 g/mol. The van der Waals surface area contributed by atoms with Gasteiger partial charge in [-0.25, -0.2) is 0 Å². The van der Waals surface area contributed by atoms with Crippen molar-refractivity contribution < 1.29 is 19.4 Å². The van der Waals surface area contributed by atoms with Crippen molar-refractivity contribution in [3.63, 3.8) is 0 Å². The van der Waals surface area contributed by atoms with Crippen molar-refractivity contribution in [2.24, 2.45) is 0 Å². The van der Waals surface area contributed by atoms with Gasteiger partial charge in [0.2, 0.25) is 0 Å². The van der Waals surface area contributed by atoms with E-state index in [0.717, 1.165) is 5.56 Å². The van der Waals surface area contributed by atoms with Gasteiger partial charge in [-0.15, -0.1) is 0 Å². The fourth-order valence-corrected chi connectivity index (χ4v) is 3.26. The predicted molar refractivity (Wildman–Crippen MR) is 121 cm³/mol. The van der Waals surface area contributed by atoms with E-state index in [0.29, 0.717) is 35.4 Å². The molecule has 30 heavy (non-hydrogen) atoms. The lowest BCUT2D eigenvalue weighted by molar-refractivity contribution is -0.124. The number of carbonyl (C=O) groups is 1. The molecule has 0 heterocycles. The smallest absolute Gasteiger partial charge is 0.258 e. The topological polar surface area (TPSA) is 79.8 Å². The van der Waals surface area contributed by atoms with Crippen LogP contribution in [0.5, 0.6) is 17.2 Å². The first-order valence-corrected chi connectivity index (χ1v) is 10.4. The fraction of sp³-hybridized carbons (Fsp3) is 0.381. The lowest BCUT2D eigenvalue weighted by Crippen LogP contribution is -2.43. The molecule has 2 rings (SSSR count). The molecule has 0 bridgehead atoms. The molecule has 0 saturated carbocycles. The van der Waals surface area contributed by atoms with E-state index in [4.69, 9.17) is 44.3 Å². The number of hydrogen-bond acceptors (Lipinski definition) is 5. The van der Waals surface area contributed by atoms with Gasteiger partial charge in [-0.1, -0.05) is 34.8 Å². The number of amides is 1. The van der Waals surface area contributed by atoms with Crippen molar-refractivity contribution in [1.29, 1.82) is 0 Å². The minimum atomic E-state index is -0.351. The highest BCUT2D eigenvalue weighted by Gasteiger charge is 2.17. The van der Waals surface area contributed by atoms with Crippen LogP contribution in [0.2, 0.25) is 15.1 Å². The summed E-state index contributed by atoms with van der Waals surface area (Å²) in [6, 6.07) is 6.49. The fourth-order valence-electron chi connectivity index (χ4n) is 2.56. The van der Waals surface area contributed by atoms with Gasteiger partial charge in [-0.3, -0.25) is 4.79 Å². The molecule has 3 N–H and O–H groups in total. The highest BCUT2D eigenvalue weighted by atomic mass is 35.5. The molecule has 2 aromatic rings. The van der Waals surface area contributed by atoms with Crippen LogP contribution in [0, 0.1) is 0 Å². The monoisotopic (exact) mass is 474 g/mol. The van der Waals surface area contributed by atoms with E-state index in [1.165, 1.54) is 0 Å². The average molecular weight is 476 g/mol. The third-order valence-electron chi connectivity index (χ3n) is 3.79. The molecule has 0 aliphatic rings. The van der Waals surface area contributed by atoms with Gasteiger partial charge in [0.25, 0.3) is 5.91 Å².